The molecule has 0 aliphatic rings. The number of aliphatic hydroxyl groups excluding tert-OH is 1. The van der Waals surface area contributed by atoms with E-state index in [1.807, 2.05) is 0 Å². The van der Waals surface area contributed by atoms with Crippen molar-refractivity contribution in [3.63, 3.8) is 0 Å². The fraction of sp³-hybridized carbons (Fsp3) is 0.667. The van der Waals surface area contributed by atoms with E-state index >= 15 is 0 Å². The van der Waals surface area contributed by atoms with Crippen molar-refractivity contribution in [2.24, 2.45) is 0 Å². The number of Topliss-reactive ketones (excluding diaryl/α,β-unsaturated/α-hetero) is 1. The molecule has 11 heavy (non-hydrogen) atoms. The molecule has 0 rings (SSSR count). The third-order valence-electron chi connectivity index (χ3n) is 0.968. The average Bonchev–Trinajstić information content (AvgIpc) is 1.99. The summed E-state index contributed by atoms with van der Waals surface area (Å²) in [6.45, 7) is 0.789. The van der Waals surface area contributed by atoms with Gasteiger partial charge in [-0.1, -0.05) is 0 Å². The highest BCUT2D eigenvalue weighted by molar-refractivity contribution is 7.80. The molecule has 0 bridgehead atoms. The number of esters is 1. The number of carbonyl (C=O) groups is 2. The summed E-state index contributed by atoms with van der Waals surface area (Å²) in [5.41, 5.74) is 0. The molecular formula is C6H10O4S. The first-order chi connectivity index (χ1) is 5.11. The molecule has 64 valence electrons. The van der Waals surface area contributed by atoms with Crippen LogP contribution in [0.4, 0.5) is 0 Å². The standard InChI is InChI=1S/C6H10O4S/c1-4(8)6(9)10-5(2-7)3-11/h5,7,11H,2-3H2,1H3. The van der Waals surface area contributed by atoms with E-state index in [9.17, 15) is 9.59 Å². The van der Waals surface area contributed by atoms with E-state index in [-0.39, 0.29) is 12.4 Å². The molecular weight excluding hydrogens is 168 g/mol. The molecule has 0 aromatic heterocycles. The Hall–Kier alpha value is -0.550. The molecule has 0 aliphatic carbocycles. The van der Waals surface area contributed by atoms with Gasteiger partial charge in [-0.05, 0) is 0 Å². The monoisotopic (exact) mass is 178 g/mol. The van der Waals surface area contributed by atoms with Crippen LogP contribution in [0.25, 0.3) is 0 Å². The molecule has 0 radical (unpaired) electrons. The quantitative estimate of drug-likeness (QED) is 0.343. The van der Waals surface area contributed by atoms with E-state index in [4.69, 9.17) is 5.11 Å². The van der Waals surface area contributed by atoms with Crippen molar-refractivity contribution >= 4 is 24.4 Å². The van der Waals surface area contributed by atoms with Gasteiger partial charge in [0.25, 0.3) is 0 Å². The van der Waals surface area contributed by atoms with Gasteiger partial charge in [0.05, 0.1) is 6.61 Å². The predicted molar refractivity (Wildman–Crippen MR) is 41.5 cm³/mol. The smallest absolute Gasteiger partial charge is 0.374 e. The van der Waals surface area contributed by atoms with E-state index in [0.29, 0.717) is 0 Å². The number of hydrogen-bond acceptors (Lipinski definition) is 5. The van der Waals surface area contributed by atoms with Crippen LogP contribution in [0.5, 0.6) is 0 Å². The highest BCUT2D eigenvalue weighted by Gasteiger charge is 2.14. The minimum Gasteiger partial charge on any atom is -0.453 e. The first-order valence-corrected chi connectivity index (χ1v) is 3.68. The second kappa shape index (κ2) is 5.15. The lowest BCUT2D eigenvalue weighted by atomic mass is 10.4. The molecule has 0 amide bonds. The van der Waals surface area contributed by atoms with Crippen LogP contribution in [0.15, 0.2) is 0 Å². The zero-order valence-electron chi connectivity index (χ0n) is 6.11. The Kier molecular flexibility index (Phi) is 4.89. The number of rotatable bonds is 4. The summed E-state index contributed by atoms with van der Waals surface area (Å²) in [5, 5.41) is 8.52. The third-order valence-corrected chi connectivity index (χ3v) is 1.38. The molecule has 0 aromatic carbocycles. The average molecular weight is 178 g/mol. The molecule has 0 fully saturated rings. The lowest BCUT2D eigenvalue weighted by Gasteiger charge is -2.10. The van der Waals surface area contributed by atoms with Crippen molar-refractivity contribution in [2.45, 2.75) is 13.0 Å². The van der Waals surface area contributed by atoms with Gasteiger partial charge < -0.3 is 9.84 Å². The van der Waals surface area contributed by atoms with E-state index in [1.165, 1.54) is 0 Å². The second-order valence-corrected chi connectivity index (χ2v) is 2.31. The van der Waals surface area contributed by atoms with Crippen molar-refractivity contribution in [2.75, 3.05) is 12.4 Å². The van der Waals surface area contributed by atoms with Crippen LogP contribution in [0, 0.1) is 0 Å². The highest BCUT2D eigenvalue weighted by Crippen LogP contribution is 1.94. The minimum absolute atomic E-state index is 0.204. The molecule has 1 atom stereocenters. The minimum atomic E-state index is -0.932. The number of carbonyl (C=O) groups excluding carboxylic acids is 2. The number of aliphatic hydroxyl groups is 1. The molecule has 0 heterocycles. The Morgan fingerprint density at radius 1 is 1.64 bits per heavy atom. The largest absolute Gasteiger partial charge is 0.453 e. The van der Waals surface area contributed by atoms with Crippen LogP contribution in [0.1, 0.15) is 6.92 Å². The van der Waals surface area contributed by atoms with Crippen LogP contribution in [-0.4, -0.2) is 35.3 Å². The molecule has 0 aromatic rings. The van der Waals surface area contributed by atoms with E-state index in [1.54, 1.807) is 0 Å². The normalized spacial score (nSPS) is 12.3. The Bertz CT molecular complexity index is 153. The van der Waals surface area contributed by atoms with E-state index in [0.717, 1.165) is 6.92 Å². The van der Waals surface area contributed by atoms with Crippen LogP contribution >= 0.6 is 12.6 Å². The summed E-state index contributed by atoms with van der Waals surface area (Å²) >= 11 is 3.79. The van der Waals surface area contributed by atoms with Crippen molar-refractivity contribution in [1.82, 2.24) is 0 Å². The molecule has 0 saturated heterocycles. The highest BCUT2D eigenvalue weighted by atomic mass is 32.1. The zero-order chi connectivity index (χ0) is 8.85. The summed E-state index contributed by atoms with van der Waals surface area (Å²) < 4.78 is 4.50. The first-order valence-electron chi connectivity index (χ1n) is 3.05. The predicted octanol–water partition coefficient (Wildman–Crippen LogP) is -0.591. The van der Waals surface area contributed by atoms with E-state index < -0.39 is 17.9 Å². The van der Waals surface area contributed by atoms with Crippen LogP contribution in [0.3, 0.4) is 0 Å². The summed E-state index contributed by atoms with van der Waals surface area (Å²) in [4.78, 5) is 20.9. The van der Waals surface area contributed by atoms with Gasteiger partial charge in [0.1, 0.15) is 6.10 Å². The molecule has 1 N–H and O–H groups in total. The lowest BCUT2D eigenvalue weighted by Crippen LogP contribution is -2.26. The van der Waals surface area contributed by atoms with Gasteiger partial charge in [-0.2, -0.15) is 12.6 Å². The molecule has 5 heteroatoms. The van der Waals surface area contributed by atoms with Crippen molar-refractivity contribution in [1.29, 1.82) is 0 Å². The van der Waals surface area contributed by atoms with Gasteiger partial charge in [-0.15, -0.1) is 0 Å². The lowest BCUT2D eigenvalue weighted by molar-refractivity contribution is -0.157. The Morgan fingerprint density at radius 2 is 2.18 bits per heavy atom. The Morgan fingerprint density at radius 3 is 2.45 bits per heavy atom. The molecule has 0 spiro atoms. The SMILES string of the molecule is CC(=O)C(=O)OC(CO)CS. The maximum atomic E-state index is 10.6. The number of hydrogen-bond donors (Lipinski definition) is 2. The van der Waals surface area contributed by atoms with Gasteiger partial charge in [0.2, 0.25) is 5.78 Å². The molecule has 1 unspecified atom stereocenters. The Balaban J connectivity index is 3.81. The zero-order valence-corrected chi connectivity index (χ0v) is 7.01. The van der Waals surface area contributed by atoms with Crippen LogP contribution in [0.2, 0.25) is 0 Å². The topological polar surface area (TPSA) is 63.6 Å². The van der Waals surface area contributed by atoms with Gasteiger partial charge >= 0.3 is 5.97 Å². The van der Waals surface area contributed by atoms with Gasteiger partial charge in [-0.3, -0.25) is 4.79 Å². The fourth-order valence-electron chi connectivity index (χ4n) is 0.367. The maximum absolute atomic E-state index is 10.6. The Labute approximate surface area is 69.9 Å². The van der Waals surface area contributed by atoms with E-state index in [2.05, 4.69) is 17.4 Å². The summed E-state index contributed by atoms with van der Waals surface area (Å²) in [6.07, 6.45) is -0.685. The molecule has 0 saturated carbocycles. The van der Waals surface area contributed by atoms with Crippen molar-refractivity contribution < 1.29 is 19.4 Å². The molecule has 0 aliphatic heterocycles. The summed E-state index contributed by atoms with van der Waals surface area (Å²) in [7, 11) is 0. The third kappa shape index (κ3) is 4.00. The van der Waals surface area contributed by atoms with Crippen molar-refractivity contribution in [3.05, 3.63) is 0 Å². The number of ether oxygens (including phenoxy) is 1. The summed E-state index contributed by atoms with van der Waals surface area (Å²) in [5.74, 6) is -1.40. The number of ketones is 1. The van der Waals surface area contributed by atoms with Crippen LogP contribution in [-0.2, 0) is 14.3 Å². The second-order valence-electron chi connectivity index (χ2n) is 1.95. The van der Waals surface area contributed by atoms with Gasteiger partial charge in [-0.25, -0.2) is 4.79 Å². The maximum Gasteiger partial charge on any atom is 0.374 e. The first kappa shape index (κ1) is 10.4. The van der Waals surface area contributed by atoms with Gasteiger partial charge in [0.15, 0.2) is 0 Å². The number of thiol groups is 1. The van der Waals surface area contributed by atoms with Gasteiger partial charge in [0, 0.05) is 12.7 Å². The summed E-state index contributed by atoms with van der Waals surface area (Å²) in [6, 6.07) is 0. The fourth-order valence-corrected chi connectivity index (χ4v) is 0.557. The van der Waals surface area contributed by atoms with Crippen LogP contribution < -0.4 is 0 Å². The molecule has 4 nitrogen and oxygen atoms in total. The van der Waals surface area contributed by atoms with Crippen molar-refractivity contribution in [3.8, 4) is 0 Å².